The van der Waals surface area contributed by atoms with E-state index in [2.05, 4.69) is 34.0 Å². The van der Waals surface area contributed by atoms with Gasteiger partial charge in [-0.3, -0.25) is 4.79 Å². The number of ether oxygens (including phenoxy) is 1. The van der Waals surface area contributed by atoms with Gasteiger partial charge < -0.3 is 10.1 Å². The normalized spacial score (nSPS) is 14.6. The fraction of sp³-hybridized carbons (Fsp3) is 0.438. The molecule has 0 aromatic heterocycles. The van der Waals surface area contributed by atoms with E-state index in [1.54, 1.807) is 0 Å². The van der Waals surface area contributed by atoms with Gasteiger partial charge in [0, 0.05) is 10.1 Å². The second-order valence-electron chi connectivity index (χ2n) is 4.95. The van der Waals surface area contributed by atoms with Crippen molar-refractivity contribution >= 4 is 28.5 Å². The van der Waals surface area contributed by atoms with Gasteiger partial charge in [-0.25, -0.2) is 0 Å². The minimum absolute atomic E-state index is 0.0553. The minimum Gasteiger partial charge on any atom is -0.484 e. The number of halogens is 1. The van der Waals surface area contributed by atoms with Gasteiger partial charge in [-0.15, -0.1) is 0 Å². The number of benzene rings is 1. The molecule has 1 N–H and O–H groups in total. The average molecular weight is 385 g/mol. The molecule has 1 aliphatic rings. The molecule has 0 radical (unpaired) electrons. The quantitative estimate of drug-likeness (QED) is 0.600. The van der Waals surface area contributed by atoms with Crippen molar-refractivity contribution in [2.75, 3.05) is 13.2 Å². The molecule has 1 amide bonds. The summed E-state index contributed by atoms with van der Waals surface area (Å²) in [5.41, 5.74) is 1.48. The Hall–Kier alpha value is -1.04. The lowest BCUT2D eigenvalue weighted by molar-refractivity contribution is -0.123. The first-order chi connectivity index (χ1) is 9.74. The molecule has 0 bridgehead atoms. The van der Waals surface area contributed by atoms with Gasteiger partial charge in [0.2, 0.25) is 0 Å². The van der Waals surface area contributed by atoms with Gasteiger partial charge in [-0.05, 0) is 72.9 Å². The predicted octanol–water partition coefficient (Wildman–Crippen LogP) is 3.68. The number of carbonyl (C=O) groups excluding carboxylic acids is 1. The van der Waals surface area contributed by atoms with Crippen LogP contribution in [0.15, 0.2) is 35.9 Å². The second-order valence-corrected chi connectivity index (χ2v) is 6.20. The lowest BCUT2D eigenvalue weighted by Crippen LogP contribution is -2.30. The maximum atomic E-state index is 11.7. The number of allylic oxidation sites excluding steroid dienone is 1. The zero-order valence-electron chi connectivity index (χ0n) is 11.5. The van der Waals surface area contributed by atoms with Crippen molar-refractivity contribution < 1.29 is 9.53 Å². The van der Waals surface area contributed by atoms with Crippen LogP contribution < -0.4 is 10.1 Å². The van der Waals surface area contributed by atoms with E-state index in [-0.39, 0.29) is 12.5 Å². The molecule has 0 unspecified atom stereocenters. The molecule has 1 aliphatic carbocycles. The molecule has 0 atom stereocenters. The smallest absolute Gasteiger partial charge is 0.257 e. The van der Waals surface area contributed by atoms with Gasteiger partial charge in [-0.1, -0.05) is 17.7 Å². The van der Waals surface area contributed by atoms with Gasteiger partial charge >= 0.3 is 0 Å². The summed E-state index contributed by atoms with van der Waals surface area (Å²) in [5.74, 6) is 0.683. The van der Waals surface area contributed by atoms with Crippen LogP contribution in [0.4, 0.5) is 0 Å². The molecule has 0 aliphatic heterocycles. The SMILES string of the molecule is O=C(COc1cccc(I)c1)NCCC1=CCCCC1. The molecule has 4 heteroatoms. The molecule has 1 aromatic rings. The minimum atomic E-state index is -0.0553. The Morgan fingerprint density at radius 2 is 2.25 bits per heavy atom. The molecule has 0 spiro atoms. The molecule has 0 fully saturated rings. The van der Waals surface area contributed by atoms with E-state index in [9.17, 15) is 4.79 Å². The van der Waals surface area contributed by atoms with Crippen molar-refractivity contribution in [2.45, 2.75) is 32.1 Å². The summed E-state index contributed by atoms with van der Waals surface area (Å²) in [5, 5.41) is 2.91. The van der Waals surface area contributed by atoms with Crippen LogP contribution in [-0.4, -0.2) is 19.1 Å². The summed E-state index contributed by atoms with van der Waals surface area (Å²) in [6.45, 7) is 0.791. The number of hydrogen-bond acceptors (Lipinski definition) is 2. The van der Waals surface area contributed by atoms with E-state index in [0.29, 0.717) is 6.54 Å². The number of nitrogens with one attached hydrogen (secondary N) is 1. The summed E-state index contributed by atoms with van der Waals surface area (Å²) in [4.78, 5) is 11.7. The van der Waals surface area contributed by atoms with Crippen molar-refractivity contribution in [1.29, 1.82) is 0 Å². The van der Waals surface area contributed by atoms with Crippen LogP contribution >= 0.6 is 22.6 Å². The van der Waals surface area contributed by atoms with Crippen LogP contribution in [0.2, 0.25) is 0 Å². The fourth-order valence-electron chi connectivity index (χ4n) is 2.25. The summed E-state index contributed by atoms with van der Waals surface area (Å²) >= 11 is 2.22. The fourth-order valence-corrected chi connectivity index (χ4v) is 2.77. The molecule has 0 saturated carbocycles. The zero-order valence-corrected chi connectivity index (χ0v) is 13.7. The Kier molecular flexibility index (Phi) is 6.36. The number of carbonyl (C=O) groups is 1. The van der Waals surface area contributed by atoms with Crippen molar-refractivity contribution in [3.05, 3.63) is 39.5 Å². The van der Waals surface area contributed by atoms with E-state index < -0.39 is 0 Å². The van der Waals surface area contributed by atoms with Crippen LogP contribution in [0.25, 0.3) is 0 Å². The first-order valence-electron chi connectivity index (χ1n) is 7.07. The molecule has 1 aromatic carbocycles. The third kappa shape index (κ3) is 5.53. The van der Waals surface area contributed by atoms with Gasteiger partial charge in [0.05, 0.1) is 0 Å². The third-order valence-electron chi connectivity index (χ3n) is 3.32. The highest BCUT2D eigenvalue weighted by atomic mass is 127. The zero-order chi connectivity index (χ0) is 14.2. The maximum absolute atomic E-state index is 11.7. The molecule has 3 nitrogen and oxygen atoms in total. The molecule has 0 saturated heterocycles. The van der Waals surface area contributed by atoms with Crippen molar-refractivity contribution in [3.8, 4) is 5.75 Å². The van der Waals surface area contributed by atoms with E-state index in [0.717, 1.165) is 15.7 Å². The van der Waals surface area contributed by atoms with Gasteiger partial charge in [-0.2, -0.15) is 0 Å². The van der Waals surface area contributed by atoms with Crippen LogP contribution in [0.5, 0.6) is 5.75 Å². The molecule has 108 valence electrons. The third-order valence-corrected chi connectivity index (χ3v) is 3.99. The number of amides is 1. The predicted molar refractivity (Wildman–Crippen MR) is 88.8 cm³/mol. The Morgan fingerprint density at radius 3 is 3.00 bits per heavy atom. The van der Waals surface area contributed by atoms with Crippen LogP contribution in [0, 0.1) is 3.57 Å². The monoisotopic (exact) mass is 385 g/mol. The largest absolute Gasteiger partial charge is 0.484 e. The molecular weight excluding hydrogens is 365 g/mol. The highest BCUT2D eigenvalue weighted by Gasteiger charge is 2.06. The Bertz CT molecular complexity index is 485. The molecular formula is C16H20INO2. The second kappa shape index (κ2) is 8.29. The Morgan fingerprint density at radius 1 is 1.35 bits per heavy atom. The van der Waals surface area contributed by atoms with Crippen molar-refractivity contribution in [1.82, 2.24) is 5.32 Å². The number of rotatable bonds is 6. The van der Waals surface area contributed by atoms with Gasteiger partial charge in [0.25, 0.3) is 5.91 Å². The summed E-state index contributed by atoms with van der Waals surface area (Å²) in [7, 11) is 0. The summed E-state index contributed by atoms with van der Waals surface area (Å²) in [6.07, 6.45) is 8.26. The summed E-state index contributed by atoms with van der Waals surface area (Å²) in [6, 6.07) is 7.69. The van der Waals surface area contributed by atoms with Crippen molar-refractivity contribution in [2.24, 2.45) is 0 Å². The topological polar surface area (TPSA) is 38.3 Å². The Balaban J connectivity index is 1.64. The molecule has 20 heavy (non-hydrogen) atoms. The van der Waals surface area contributed by atoms with E-state index in [1.165, 1.54) is 31.3 Å². The van der Waals surface area contributed by atoms with E-state index in [1.807, 2.05) is 24.3 Å². The summed E-state index contributed by atoms with van der Waals surface area (Å²) < 4.78 is 6.56. The van der Waals surface area contributed by atoms with Crippen LogP contribution in [0.3, 0.4) is 0 Å². The average Bonchev–Trinajstić information content (AvgIpc) is 2.46. The first kappa shape index (κ1) is 15.4. The van der Waals surface area contributed by atoms with Crippen molar-refractivity contribution in [3.63, 3.8) is 0 Å². The first-order valence-corrected chi connectivity index (χ1v) is 8.15. The number of hydrogen-bond donors (Lipinski definition) is 1. The molecule has 2 rings (SSSR count). The Labute approximate surface area is 133 Å². The standard InChI is InChI=1S/C16H20INO2/c17-14-7-4-8-15(11-14)20-12-16(19)18-10-9-13-5-2-1-3-6-13/h4-5,7-8,11H,1-3,6,9-10,12H2,(H,18,19). The lowest BCUT2D eigenvalue weighted by Gasteiger charge is -2.13. The molecule has 0 heterocycles. The van der Waals surface area contributed by atoms with Gasteiger partial charge in [0.15, 0.2) is 6.61 Å². The highest BCUT2D eigenvalue weighted by molar-refractivity contribution is 14.1. The van der Waals surface area contributed by atoms with Gasteiger partial charge in [0.1, 0.15) is 5.75 Å². The highest BCUT2D eigenvalue weighted by Crippen LogP contribution is 2.19. The lowest BCUT2D eigenvalue weighted by atomic mass is 9.97. The van der Waals surface area contributed by atoms with E-state index >= 15 is 0 Å². The van der Waals surface area contributed by atoms with Crippen LogP contribution in [0.1, 0.15) is 32.1 Å². The van der Waals surface area contributed by atoms with E-state index in [4.69, 9.17) is 4.74 Å². The van der Waals surface area contributed by atoms with Crippen LogP contribution in [-0.2, 0) is 4.79 Å². The maximum Gasteiger partial charge on any atom is 0.257 e.